The third-order valence-corrected chi connectivity index (χ3v) is 6.29. The summed E-state index contributed by atoms with van der Waals surface area (Å²) < 4.78 is 6.61. The molecule has 1 aliphatic rings. The summed E-state index contributed by atoms with van der Waals surface area (Å²) in [4.78, 5) is 18.1. The average molecular weight is 437 g/mol. The molecule has 140 valence electrons. The van der Waals surface area contributed by atoms with E-state index in [0.717, 1.165) is 29.5 Å². The minimum Gasteiger partial charge on any atom is -0.492 e. The van der Waals surface area contributed by atoms with E-state index in [1.165, 1.54) is 34.8 Å². The number of aryl methyl sites for hydroxylation is 3. The Morgan fingerprint density at radius 3 is 2.92 bits per heavy atom. The van der Waals surface area contributed by atoms with E-state index in [2.05, 4.69) is 21.2 Å². The van der Waals surface area contributed by atoms with Crippen LogP contribution in [-0.2, 0) is 24.1 Å². The molecule has 0 fully saturated rings. The molecule has 1 aliphatic carbocycles. The van der Waals surface area contributed by atoms with E-state index < -0.39 is 0 Å². The molecule has 1 aromatic carbocycles. The number of ether oxygens (including phenoxy) is 1. The van der Waals surface area contributed by atoms with Crippen molar-refractivity contribution in [1.82, 2.24) is 10.3 Å². The summed E-state index contributed by atoms with van der Waals surface area (Å²) in [6, 6.07) is 7.75. The average Bonchev–Trinajstić information content (AvgIpc) is 3.06. The maximum Gasteiger partial charge on any atom is 0.220 e. The first-order valence-electron chi connectivity index (χ1n) is 9.34. The molecule has 0 radical (unpaired) electrons. The monoisotopic (exact) mass is 436 g/mol. The number of fused-ring (bicyclic) bond motifs is 1. The number of benzene rings is 1. The Morgan fingerprint density at radius 2 is 2.08 bits per heavy atom. The van der Waals surface area contributed by atoms with Gasteiger partial charge in [-0.2, -0.15) is 0 Å². The lowest BCUT2D eigenvalue weighted by molar-refractivity contribution is -0.121. The Bertz CT molecular complexity index is 709. The number of carbonyl (C=O) groups is 1. The summed E-state index contributed by atoms with van der Waals surface area (Å²) in [6.07, 6.45) is 8.04. The van der Waals surface area contributed by atoms with E-state index in [4.69, 9.17) is 9.72 Å². The molecule has 1 heterocycles. The van der Waals surface area contributed by atoms with Crippen LogP contribution in [0.15, 0.2) is 28.7 Å². The fourth-order valence-electron chi connectivity index (χ4n) is 3.04. The van der Waals surface area contributed by atoms with Crippen LogP contribution in [0.25, 0.3) is 0 Å². The van der Waals surface area contributed by atoms with Crippen LogP contribution in [0.5, 0.6) is 5.75 Å². The molecule has 3 rings (SSSR count). The third-order valence-electron chi connectivity index (χ3n) is 4.42. The second kappa shape index (κ2) is 10.1. The van der Waals surface area contributed by atoms with Gasteiger partial charge >= 0.3 is 0 Å². The summed E-state index contributed by atoms with van der Waals surface area (Å²) in [5.41, 5.74) is 1.32. The smallest absolute Gasteiger partial charge is 0.220 e. The van der Waals surface area contributed by atoms with Gasteiger partial charge in [-0.3, -0.25) is 4.79 Å². The van der Waals surface area contributed by atoms with Crippen molar-refractivity contribution in [3.8, 4) is 5.75 Å². The highest BCUT2D eigenvalue weighted by Crippen LogP contribution is 2.27. The number of amides is 1. The second-order valence-electron chi connectivity index (χ2n) is 6.52. The topological polar surface area (TPSA) is 51.2 Å². The number of aromatic nitrogens is 1. The number of halogens is 1. The number of nitrogens with zero attached hydrogens (tertiary/aromatic N) is 1. The van der Waals surface area contributed by atoms with Crippen LogP contribution in [0.4, 0.5) is 0 Å². The number of thiazole rings is 1. The van der Waals surface area contributed by atoms with E-state index in [9.17, 15) is 4.79 Å². The van der Waals surface area contributed by atoms with E-state index in [0.29, 0.717) is 26.0 Å². The van der Waals surface area contributed by atoms with Gasteiger partial charge in [0.2, 0.25) is 5.91 Å². The standard InChI is InChI=1S/C20H25BrN2O2S/c21-15-7-1-3-9-17(15)25-14-6-11-19(24)22-13-5-12-20-23-16-8-2-4-10-18(16)26-20/h1,3,7,9H,2,4-6,8,10-14H2,(H,22,24). The van der Waals surface area contributed by atoms with E-state index in [-0.39, 0.29) is 5.91 Å². The molecule has 4 nitrogen and oxygen atoms in total. The van der Waals surface area contributed by atoms with Crippen molar-refractivity contribution in [3.05, 3.63) is 44.3 Å². The lowest BCUT2D eigenvalue weighted by Crippen LogP contribution is -2.24. The Kier molecular flexibility index (Phi) is 7.50. The van der Waals surface area contributed by atoms with Crippen molar-refractivity contribution in [2.75, 3.05) is 13.2 Å². The molecule has 0 aliphatic heterocycles. The van der Waals surface area contributed by atoms with Crippen LogP contribution in [0.3, 0.4) is 0 Å². The first kappa shape index (κ1) is 19.4. The molecule has 0 spiro atoms. The fourth-order valence-corrected chi connectivity index (χ4v) is 4.64. The quantitative estimate of drug-likeness (QED) is 0.579. The van der Waals surface area contributed by atoms with E-state index >= 15 is 0 Å². The molecule has 0 saturated carbocycles. The molecule has 0 bridgehead atoms. The van der Waals surface area contributed by atoms with Crippen LogP contribution >= 0.6 is 27.3 Å². The van der Waals surface area contributed by atoms with Gasteiger partial charge in [-0.15, -0.1) is 11.3 Å². The highest BCUT2D eigenvalue weighted by Gasteiger charge is 2.14. The summed E-state index contributed by atoms with van der Waals surface area (Å²) in [6.45, 7) is 1.26. The van der Waals surface area contributed by atoms with Gasteiger partial charge in [0.05, 0.1) is 21.8 Å². The first-order valence-corrected chi connectivity index (χ1v) is 10.9. The highest BCUT2D eigenvalue weighted by molar-refractivity contribution is 9.10. The van der Waals surface area contributed by atoms with Gasteiger partial charge in [0, 0.05) is 24.3 Å². The maximum absolute atomic E-state index is 11.9. The van der Waals surface area contributed by atoms with Crippen LogP contribution in [0.2, 0.25) is 0 Å². The Morgan fingerprint density at radius 1 is 1.23 bits per heavy atom. The molecule has 0 saturated heterocycles. The first-order chi connectivity index (χ1) is 12.7. The van der Waals surface area contributed by atoms with Crippen molar-refractivity contribution >= 4 is 33.2 Å². The lowest BCUT2D eigenvalue weighted by Gasteiger charge is -2.08. The van der Waals surface area contributed by atoms with Gasteiger partial charge in [-0.05, 0) is 66.6 Å². The van der Waals surface area contributed by atoms with Crippen molar-refractivity contribution in [1.29, 1.82) is 0 Å². The zero-order valence-corrected chi connectivity index (χ0v) is 17.3. The van der Waals surface area contributed by atoms with Crippen LogP contribution in [0, 0.1) is 0 Å². The third kappa shape index (κ3) is 5.81. The van der Waals surface area contributed by atoms with Crippen molar-refractivity contribution in [3.63, 3.8) is 0 Å². The second-order valence-corrected chi connectivity index (χ2v) is 8.54. The molecule has 0 atom stereocenters. The van der Waals surface area contributed by atoms with Crippen molar-refractivity contribution in [2.24, 2.45) is 0 Å². The van der Waals surface area contributed by atoms with Gasteiger partial charge in [0.15, 0.2) is 0 Å². The SMILES string of the molecule is O=C(CCCOc1ccccc1Br)NCCCc1nc2c(s1)CCCC2. The zero-order chi connectivity index (χ0) is 18.2. The number of nitrogens with one attached hydrogen (secondary N) is 1. The fraction of sp³-hybridized carbons (Fsp3) is 0.500. The summed E-state index contributed by atoms with van der Waals surface area (Å²) in [7, 11) is 0. The predicted molar refractivity (Wildman–Crippen MR) is 109 cm³/mol. The minimum absolute atomic E-state index is 0.0964. The predicted octanol–water partition coefficient (Wildman–Crippen LogP) is 4.69. The van der Waals surface area contributed by atoms with Crippen LogP contribution in [-0.4, -0.2) is 24.0 Å². The summed E-state index contributed by atoms with van der Waals surface area (Å²) in [5, 5.41) is 4.23. The number of hydrogen-bond donors (Lipinski definition) is 1. The highest BCUT2D eigenvalue weighted by atomic mass is 79.9. The molecular weight excluding hydrogens is 412 g/mol. The van der Waals surface area contributed by atoms with Crippen LogP contribution < -0.4 is 10.1 Å². The number of carbonyl (C=O) groups excluding carboxylic acids is 1. The molecule has 1 aromatic heterocycles. The summed E-state index contributed by atoms with van der Waals surface area (Å²) in [5.74, 6) is 0.915. The molecule has 1 N–H and O–H groups in total. The lowest BCUT2D eigenvalue weighted by atomic mass is 10.0. The largest absolute Gasteiger partial charge is 0.492 e. The maximum atomic E-state index is 11.9. The van der Waals surface area contributed by atoms with E-state index in [1.807, 2.05) is 35.6 Å². The molecule has 2 aromatic rings. The Labute approximate surface area is 167 Å². The normalized spacial score (nSPS) is 13.3. The van der Waals surface area contributed by atoms with Gasteiger partial charge in [-0.25, -0.2) is 4.98 Å². The van der Waals surface area contributed by atoms with Crippen molar-refractivity contribution in [2.45, 2.75) is 51.4 Å². The number of para-hydroxylation sites is 1. The van der Waals surface area contributed by atoms with Gasteiger partial charge < -0.3 is 10.1 Å². The number of hydrogen-bond acceptors (Lipinski definition) is 4. The molecule has 0 unspecified atom stereocenters. The summed E-state index contributed by atoms with van der Waals surface area (Å²) >= 11 is 5.31. The molecule has 26 heavy (non-hydrogen) atoms. The van der Waals surface area contributed by atoms with Gasteiger partial charge in [0.1, 0.15) is 5.75 Å². The zero-order valence-electron chi connectivity index (χ0n) is 14.9. The Balaban J connectivity index is 1.26. The van der Waals surface area contributed by atoms with E-state index in [1.54, 1.807) is 0 Å². The molecular formula is C20H25BrN2O2S. The van der Waals surface area contributed by atoms with Crippen LogP contribution in [0.1, 0.15) is 47.7 Å². The van der Waals surface area contributed by atoms with Crippen molar-refractivity contribution < 1.29 is 9.53 Å². The Hall–Kier alpha value is -1.40. The van der Waals surface area contributed by atoms with Gasteiger partial charge in [0.25, 0.3) is 0 Å². The number of rotatable bonds is 9. The molecule has 1 amide bonds. The minimum atomic E-state index is 0.0964. The van der Waals surface area contributed by atoms with Gasteiger partial charge in [-0.1, -0.05) is 12.1 Å². The molecule has 6 heteroatoms.